The summed E-state index contributed by atoms with van der Waals surface area (Å²) in [5.74, 6) is -1.34. The zero-order valence-corrected chi connectivity index (χ0v) is 18.2. The minimum absolute atomic E-state index is 0.0727. The molecule has 1 aromatic carbocycles. The molecule has 4 rings (SSSR count). The maximum Gasteiger partial charge on any atom is 0.262 e. The lowest BCUT2D eigenvalue weighted by Crippen LogP contribution is -2.54. The molecule has 1 fully saturated rings. The Morgan fingerprint density at radius 1 is 1.12 bits per heavy atom. The first-order valence-electron chi connectivity index (χ1n) is 10.4. The van der Waals surface area contributed by atoms with Crippen LogP contribution in [-0.2, 0) is 16.0 Å². The van der Waals surface area contributed by atoms with Crippen LogP contribution in [0, 0.1) is 0 Å². The summed E-state index contributed by atoms with van der Waals surface area (Å²) >= 11 is 1.65. The summed E-state index contributed by atoms with van der Waals surface area (Å²) in [6.07, 6.45) is 2.47. The molecule has 0 saturated carbocycles. The Bertz CT molecular complexity index is 1130. The van der Waals surface area contributed by atoms with Gasteiger partial charge in [-0.1, -0.05) is 13.0 Å². The van der Waals surface area contributed by atoms with E-state index in [1.54, 1.807) is 42.2 Å². The molecule has 2 aliphatic heterocycles. The molecular formula is C23H21N3O5S. The lowest BCUT2D eigenvalue weighted by atomic mass is 10.0. The van der Waals surface area contributed by atoms with Crippen molar-refractivity contribution in [2.24, 2.45) is 0 Å². The quantitative estimate of drug-likeness (QED) is 0.391. The number of hydrogen-bond donors (Lipinski definition) is 1. The van der Waals surface area contributed by atoms with E-state index in [9.17, 15) is 24.0 Å². The van der Waals surface area contributed by atoms with Crippen molar-refractivity contribution in [1.82, 2.24) is 15.2 Å². The minimum Gasteiger partial charge on any atom is -0.295 e. The molecule has 32 heavy (non-hydrogen) atoms. The molecule has 4 amide bonds. The highest BCUT2D eigenvalue weighted by molar-refractivity contribution is 7.99. The summed E-state index contributed by atoms with van der Waals surface area (Å²) in [5.41, 5.74) is 1.56. The molecule has 3 heterocycles. The molecular weight excluding hydrogens is 430 g/mol. The monoisotopic (exact) mass is 451 g/mol. The Balaban J connectivity index is 1.45. The van der Waals surface area contributed by atoms with Gasteiger partial charge in [-0.05, 0) is 48.4 Å². The number of fused-ring (bicyclic) bond motifs is 1. The highest BCUT2D eigenvalue weighted by Gasteiger charge is 2.44. The van der Waals surface area contributed by atoms with Crippen LogP contribution in [-0.4, -0.2) is 51.1 Å². The van der Waals surface area contributed by atoms with Gasteiger partial charge in [0.25, 0.3) is 11.8 Å². The van der Waals surface area contributed by atoms with Gasteiger partial charge in [0, 0.05) is 23.9 Å². The third-order valence-corrected chi connectivity index (χ3v) is 6.34. The molecule has 1 saturated heterocycles. The summed E-state index contributed by atoms with van der Waals surface area (Å²) in [6, 6.07) is 7.45. The van der Waals surface area contributed by atoms with Gasteiger partial charge in [-0.15, -0.1) is 11.8 Å². The molecule has 0 radical (unpaired) electrons. The van der Waals surface area contributed by atoms with Gasteiger partial charge >= 0.3 is 0 Å². The maximum absolute atomic E-state index is 12.9. The maximum atomic E-state index is 12.9. The first kappa shape index (κ1) is 21.9. The lowest BCUT2D eigenvalue weighted by Gasteiger charge is -2.27. The van der Waals surface area contributed by atoms with Crippen LogP contribution < -0.4 is 5.32 Å². The van der Waals surface area contributed by atoms with E-state index in [0.717, 1.165) is 21.1 Å². The first-order valence-corrected chi connectivity index (χ1v) is 11.3. The number of nitrogens with one attached hydrogen (secondary N) is 1. The number of hydrogen-bond acceptors (Lipinski definition) is 7. The number of nitrogens with zero attached hydrogens (tertiary/aromatic N) is 2. The minimum atomic E-state index is -0.995. The molecule has 1 atom stereocenters. The van der Waals surface area contributed by atoms with Crippen LogP contribution in [0.1, 0.15) is 63.0 Å². The Hall–Kier alpha value is -3.33. The van der Waals surface area contributed by atoms with Crippen molar-refractivity contribution in [3.05, 3.63) is 58.9 Å². The van der Waals surface area contributed by atoms with Gasteiger partial charge in [0.05, 0.1) is 11.1 Å². The third-order valence-electron chi connectivity index (χ3n) is 5.48. The topological polar surface area (TPSA) is 114 Å². The second-order valence-electron chi connectivity index (χ2n) is 7.56. The second kappa shape index (κ2) is 9.04. The van der Waals surface area contributed by atoms with Gasteiger partial charge in [-0.2, -0.15) is 0 Å². The number of benzene rings is 1. The fraction of sp³-hybridized carbons (Fsp3) is 0.304. The van der Waals surface area contributed by atoms with E-state index in [0.29, 0.717) is 12.1 Å². The highest BCUT2D eigenvalue weighted by atomic mass is 32.2. The van der Waals surface area contributed by atoms with Crippen LogP contribution in [0.15, 0.2) is 41.4 Å². The molecule has 9 heteroatoms. The van der Waals surface area contributed by atoms with Gasteiger partial charge in [0.15, 0.2) is 5.78 Å². The van der Waals surface area contributed by atoms with Crippen LogP contribution in [0.25, 0.3) is 0 Å². The van der Waals surface area contributed by atoms with E-state index in [1.165, 1.54) is 0 Å². The van der Waals surface area contributed by atoms with Gasteiger partial charge in [-0.25, -0.2) is 0 Å². The molecule has 1 N–H and O–H groups in total. The number of pyridine rings is 1. The van der Waals surface area contributed by atoms with Gasteiger partial charge in [0.2, 0.25) is 11.8 Å². The van der Waals surface area contributed by atoms with Gasteiger partial charge in [-0.3, -0.25) is 39.2 Å². The summed E-state index contributed by atoms with van der Waals surface area (Å²) < 4.78 is 0. The summed E-state index contributed by atoms with van der Waals surface area (Å²) in [6.45, 7) is 2.04. The molecule has 0 aliphatic carbocycles. The fourth-order valence-corrected chi connectivity index (χ4v) is 4.48. The van der Waals surface area contributed by atoms with E-state index in [4.69, 9.17) is 0 Å². The summed E-state index contributed by atoms with van der Waals surface area (Å²) in [7, 11) is 0. The second-order valence-corrected chi connectivity index (χ2v) is 8.90. The normalized spacial score (nSPS) is 18.0. The summed E-state index contributed by atoms with van der Waals surface area (Å²) in [5, 5.41) is 2.18. The molecule has 8 nitrogen and oxygen atoms in total. The largest absolute Gasteiger partial charge is 0.295 e. The Kier molecular flexibility index (Phi) is 6.18. The third kappa shape index (κ3) is 4.20. The number of amides is 4. The molecule has 0 bridgehead atoms. The van der Waals surface area contributed by atoms with Crippen LogP contribution in [0.4, 0.5) is 0 Å². The van der Waals surface area contributed by atoms with Crippen molar-refractivity contribution in [1.29, 1.82) is 0 Å². The van der Waals surface area contributed by atoms with Crippen molar-refractivity contribution in [2.45, 2.75) is 43.5 Å². The van der Waals surface area contributed by atoms with Crippen molar-refractivity contribution in [2.75, 3.05) is 5.75 Å². The highest BCUT2D eigenvalue weighted by Crippen LogP contribution is 2.28. The zero-order chi connectivity index (χ0) is 22.8. The van der Waals surface area contributed by atoms with Crippen LogP contribution in [0.5, 0.6) is 0 Å². The van der Waals surface area contributed by atoms with Crippen molar-refractivity contribution >= 4 is 41.2 Å². The predicted molar refractivity (Wildman–Crippen MR) is 116 cm³/mol. The first-order chi connectivity index (χ1) is 15.4. The average molecular weight is 452 g/mol. The zero-order valence-electron chi connectivity index (χ0n) is 17.4. The molecule has 1 unspecified atom stereocenters. The number of carbonyl (C=O) groups excluding carboxylic acids is 5. The van der Waals surface area contributed by atoms with E-state index < -0.39 is 29.7 Å². The summed E-state index contributed by atoms with van der Waals surface area (Å²) in [4.78, 5) is 67.8. The number of rotatable bonds is 7. The lowest BCUT2D eigenvalue weighted by molar-refractivity contribution is -0.136. The number of thioether (sulfide) groups is 1. The number of aromatic nitrogens is 1. The van der Waals surface area contributed by atoms with E-state index in [2.05, 4.69) is 10.3 Å². The smallest absolute Gasteiger partial charge is 0.262 e. The Labute approximate surface area is 188 Å². The Morgan fingerprint density at radius 3 is 2.59 bits per heavy atom. The Morgan fingerprint density at radius 2 is 1.91 bits per heavy atom. The van der Waals surface area contributed by atoms with Crippen molar-refractivity contribution < 1.29 is 24.0 Å². The number of Topliss-reactive ketones (excluding diaryl/α,β-unsaturated/α-hetero) is 1. The molecule has 0 spiro atoms. The molecule has 2 aliphatic rings. The fourth-order valence-electron chi connectivity index (χ4n) is 3.86. The molecule has 2 aromatic rings. The van der Waals surface area contributed by atoms with Crippen molar-refractivity contribution in [3.8, 4) is 0 Å². The number of imide groups is 2. The number of piperidine rings is 1. The van der Waals surface area contributed by atoms with Gasteiger partial charge < -0.3 is 0 Å². The van der Waals surface area contributed by atoms with Crippen LogP contribution in [0.3, 0.4) is 0 Å². The van der Waals surface area contributed by atoms with Crippen molar-refractivity contribution in [3.63, 3.8) is 0 Å². The number of aryl methyl sites for hydroxylation is 1. The van der Waals surface area contributed by atoms with Crippen LogP contribution in [0.2, 0.25) is 0 Å². The SMILES string of the molecule is CCSc1ccc(C(=O)CCc2ccc3c(c2)C(=O)N(C2CCC(=O)NC2=O)C3=O)nc1. The molecule has 164 valence electrons. The predicted octanol–water partition coefficient (Wildman–Crippen LogP) is 2.41. The van der Waals surface area contributed by atoms with Crippen LogP contribution >= 0.6 is 11.8 Å². The standard InChI is InChI=1S/C23H21N3O5S/c1-2-32-14-5-7-17(24-12-14)19(27)9-4-13-3-6-15-16(11-13)23(31)26(22(15)30)18-8-10-20(28)25-21(18)29/h3,5-7,11-12,18H,2,4,8-10H2,1H3,(H,25,28,29). The number of carbonyl (C=O) groups is 5. The van der Waals surface area contributed by atoms with E-state index in [1.807, 2.05) is 13.0 Å². The van der Waals surface area contributed by atoms with Gasteiger partial charge in [0.1, 0.15) is 11.7 Å². The molecule has 1 aromatic heterocycles. The van der Waals surface area contributed by atoms with E-state index >= 15 is 0 Å². The number of ketones is 1. The average Bonchev–Trinajstić information content (AvgIpc) is 3.03. The van der Waals surface area contributed by atoms with E-state index in [-0.39, 0.29) is 36.2 Å².